The Morgan fingerprint density at radius 2 is 2.13 bits per heavy atom. The highest BCUT2D eigenvalue weighted by atomic mass is 16.5. The maximum atomic E-state index is 12.2. The number of carbonyl (C=O) groups excluding carboxylic acids is 1. The predicted octanol–water partition coefficient (Wildman–Crippen LogP) is 2.24. The number of aromatic nitrogens is 3. The van der Waals surface area contributed by atoms with Gasteiger partial charge in [-0.25, -0.2) is 0 Å². The smallest absolute Gasteiger partial charge is 0.258 e. The van der Waals surface area contributed by atoms with Crippen LogP contribution in [0.25, 0.3) is 11.5 Å². The molecule has 0 N–H and O–H groups in total. The Morgan fingerprint density at radius 3 is 2.91 bits per heavy atom. The number of likely N-dealkylation sites (tertiary alicyclic amines) is 1. The Balaban J connectivity index is 1.49. The first kappa shape index (κ1) is 13.7. The van der Waals surface area contributed by atoms with Gasteiger partial charge in [0.25, 0.3) is 5.89 Å². The average molecular weight is 310 g/mol. The van der Waals surface area contributed by atoms with E-state index in [1.807, 2.05) is 12.1 Å². The molecule has 1 saturated heterocycles. The minimum atomic E-state index is -0.0585. The van der Waals surface area contributed by atoms with Gasteiger partial charge in [0.2, 0.25) is 5.91 Å². The van der Waals surface area contributed by atoms with E-state index in [1.54, 1.807) is 35.7 Å². The maximum absolute atomic E-state index is 12.2. The number of nitrogens with zero attached hydrogens (tertiary/aromatic N) is 4. The third-order valence-corrected chi connectivity index (χ3v) is 3.88. The molecule has 3 aromatic rings. The van der Waals surface area contributed by atoms with Crippen molar-refractivity contribution in [3.8, 4) is 11.5 Å². The molecule has 23 heavy (non-hydrogen) atoms. The topological polar surface area (TPSA) is 85.3 Å². The van der Waals surface area contributed by atoms with Gasteiger partial charge in [0.1, 0.15) is 5.76 Å². The first-order chi connectivity index (χ1) is 11.3. The summed E-state index contributed by atoms with van der Waals surface area (Å²) in [6.07, 6.45) is 5.33. The van der Waals surface area contributed by atoms with Crippen molar-refractivity contribution < 1.29 is 13.7 Å². The molecule has 0 aromatic carbocycles. The average Bonchev–Trinajstić information content (AvgIpc) is 3.31. The van der Waals surface area contributed by atoms with Crippen LogP contribution >= 0.6 is 0 Å². The van der Waals surface area contributed by atoms with Gasteiger partial charge in [-0.3, -0.25) is 9.78 Å². The molecule has 1 aliphatic heterocycles. The van der Waals surface area contributed by atoms with Gasteiger partial charge in [-0.05, 0) is 24.3 Å². The lowest BCUT2D eigenvalue weighted by Crippen LogP contribution is -2.24. The van der Waals surface area contributed by atoms with Gasteiger partial charge >= 0.3 is 0 Å². The molecule has 7 nitrogen and oxygen atoms in total. The molecule has 0 spiro atoms. The zero-order chi connectivity index (χ0) is 15.6. The highest BCUT2D eigenvalue weighted by molar-refractivity contribution is 5.79. The highest BCUT2D eigenvalue weighted by Gasteiger charge is 2.34. The second-order valence-corrected chi connectivity index (χ2v) is 5.45. The number of rotatable bonds is 4. The fraction of sp³-hybridized carbons (Fsp3) is 0.250. The minimum absolute atomic E-state index is 0.0585. The summed E-state index contributed by atoms with van der Waals surface area (Å²) >= 11 is 0. The largest absolute Gasteiger partial charge is 0.467 e. The molecular weight excluding hydrogens is 296 g/mol. The Labute approximate surface area is 131 Å². The Bertz CT molecular complexity index is 798. The molecule has 1 aliphatic rings. The zero-order valence-electron chi connectivity index (χ0n) is 12.3. The molecule has 0 radical (unpaired) electrons. The highest BCUT2D eigenvalue weighted by Crippen LogP contribution is 2.29. The van der Waals surface area contributed by atoms with Gasteiger partial charge in [0, 0.05) is 36.8 Å². The van der Waals surface area contributed by atoms with Crippen molar-refractivity contribution in [2.45, 2.75) is 18.9 Å². The molecule has 1 atom stereocenters. The molecule has 1 unspecified atom stereocenters. The summed E-state index contributed by atoms with van der Waals surface area (Å²) in [6, 6.07) is 7.28. The lowest BCUT2D eigenvalue weighted by Gasteiger charge is -2.13. The number of amides is 1. The van der Waals surface area contributed by atoms with Crippen LogP contribution in [0.3, 0.4) is 0 Å². The lowest BCUT2D eigenvalue weighted by molar-refractivity contribution is -0.128. The molecule has 0 saturated carbocycles. The van der Waals surface area contributed by atoms with Gasteiger partial charge in [0.05, 0.1) is 12.8 Å². The normalized spacial score (nSPS) is 17.8. The van der Waals surface area contributed by atoms with Gasteiger partial charge < -0.3 is 13.8 Å². The molecular formula is C16H14N4O3. The number of hydrogen-bond acceptors (Lipinski definition) is 6. The summed E-state index contributed by atoms with van der Waals surface area (Å²) in [7, 11) is 0. The number of hydrogen-bond donors (Lipinski definition) is 0. The SMILES string of the molecule is O=C1CC(c2noc(-c3ccncc3)n2)CN1Cc1ccco1. The number of pyridine rings is 1. The summed E-state index contributed by atoms with van der Waals surface area (Å²) in [5, 5.41) is 4.03. The van der Waals surface area contributed by atoms with Crippen LogP contribution in [-0.4, -0.2) is 32.5 Å². The van der Waals surface area contributed by atoms with E-state index in [9.17, 15) is 4.79 Å². The summed E-state index contributed by atoms with van der Waals surface area (Å²) < 4.78 is 10.6. The monoisotopic (exact) mass is 310 g/mol. The van der Waals surface area contributed by atoms with Crippen molar-refractivity contribution in [3.63, 3.8) is 0 Å². The van der Waals surface area contributed by atoms with Crippen molar-refractivity contribution in [2.75, 3.05) is 6.54 Å². The van der Waals surface area contributed by atoms with E-state index in [0.717, 1.165) is 11.3 Å². The molecule has 4 heterocycles. The van der Waals surface area contributed by atoms with E-state index in [2.05, 4.69) is 15.1 Å². The van der Waals surface area contributed by atoms with Crippen LogP contribution in [-0.2, 0) is 11.3 Å². The number of carbonyl (C=O) groups is 1. The fourth-order valence-corrected chi connectivity index (χ4v) is 2.70. The van der Waals surface area contributed by atoms with E-state index in [4.69, 9.17) is 8.94 Å². The Kier molecular flexibility index (Phi) is 3.38. The molecule has 7 heteroatoms. The summed E-state index contributed by atoms with van der Waals surface area (Å²) in [4.78, 5) is 22.3. The van der Waals surface area contributed by atoms with Gasteiger partial charge in [-0.15, -0.1) is 0 Å². The molecule has 3 aromatic heterocycles. The summed E-state index contributed by atoms with van der Waals surface area (Å²) in [5.41, 5.74) is 0.815. The lowest BCUT2D eigenvalue weighted by atomic mass is 10.1. The van der Waals surface area contributed by atoms with Crippen LogP contribution in [0, 0.1) is 0 Å². The molecule has 1 amide bonds. The molecule has 1 fully saturated rings. The third-order valence-electron chi connectivity index (χ3n) is 3.88. The van der Waals surface area contributed by atoms with Gasteiger partial charge in [-0.2, -0.15) is 4.98 Å². The van der Waals surface area contributed by atoms with E-state index >= 15 is 0 Å². The molecule has 0 aliphatic carbocycles. The standard InChI is InChI=1S/C16H14N4O3/c21-14-8-12(9-20(14)10-13-2-1-7-22-13)15-18-16(23-19-15)11-3-5-17-6-4-11/h1-7,12H,8-10H2. The van der Waals surface area contributed by atoms with Crippen molar-refractivity contribution in [2.24, 2.45) is 0 Å². The van der Waals surface area contributed by atoms with Crippen molar-refractivity contribution in [1.82, 2.24) is 20.0 Å². The molecule has 116 valence electrons. The van der Waals surface area contributed by atoms with Crippen LogP contribution in [0.2, 0.25) is 0 Å². The molecule has 4 rings (SSSR count). The maximum Gasteiger partial charge on any atom is 0.258 e. The van der Waals surface area contributed by atoms with Crippen molar-refractivity contribution in [1.29, 1.82) is 0 Å². The zero-order valence-corrected chi connectivity index (χ0v) is 12.3. The minimum Gasteiger partial charge on any atom is -0.467 e. The third kappa shape index (κ3) is 2.73. The van der Waals surface area contributed by atoms with Crippen LogP contribution in [0.15, 0.2) is 51.9 Å². The first-order valence-electron chi connectivity index (χ1n) is 7.34. The van der Waals surface area contributed by atoms with Gasteiger partial charge in [0.15, 0.2) is 5.82 Å². The quantitative estimate of drug-likeness (QED) is 0.734. The van der Waals surface area contributed by atoms with Crippen molar-refractivity contribution >= 4 is 5.91 Å². The predicted molar refractivity (Wildman–Crippen MR) is 79.0 cm³/mol. The number of furan rings is 1. The van der Waals surface area contributed by atoms with Crippen LogP contribution in [0.4, 0.5) is 0 Å². The second-order valence-electron chi connectivity index (χ2n) is 5.45. The van der Waals surface area contributed by atoms with Crippen LogP contribution in [0.5, 0.6) is 0 Å². The van der Waals surface area contributed by atoms with Crippen molar-refractivity contribution in [3.05, 3.63) is 54.5 Å². The van der Waals surface area contributed by atoms with E-state index in [0.29, 0.717) is 31.2 Å². The molecule has 0 bridgehead atoms. The van der Waals surface area contributed by atoms with E-state index < -0.39 is 0 Å². The second kappa shape index (κ2) is 5.68. The summed E-state index contributed by atoms with van der Waals surface area (Å²) in [5.74, 6) is 1.79. The fourth-order valence-electron chi connectivity index (χ4n) is 2.70. The van der Waals surface area contributed by atoms with E-state index in [1.165, 1.54) is 0 Å². The van der Waals surface area contributed by atoms with E-state index in [-0.39, 0.29) is 11.8 Å². The van der Waals surface area contributed by atoms with Crippen LogP contribution in [0.1, 0.15) is 23.9 Å². The Hall–Kier alpha value is -2.96. The van der Waals surface area contributed by atoms with Gasteiger partial charge in [-0.1, -0.05) is 5.16 Å². The summed E-state index contributed by atoms with van der Waals surface area (Å²) in [6.45, 7) is 1.03. The first-order valence-corrected chi connectivity index (χ1v) is 7.34. The van der Waals surface area contributed by atoms with Crippen LogP contribution < -0.4 is 0 Å². The Morgan fingerprint density at radius 1 is 1.26 bits per heavy atom.